The molecule has 0 aliphatic heterocycles. The van der Waals surface area contributed by atoms with Crippen molar-refractivity contribution in [1.29, 1.82) is 0 Å². The number of aryl methyl sites for hydroxylation is 2. The molecule has 0 saturated carbocycles. The van der Waals surface area contributed by atoms with Crippen LogP contribution in [0.2, 0.25) is 5.02 Å². The third-order valence-corrected chi connectivity index (χ3v) is 4.21. The van der Waals surface area contributed by atoms with Crippen LogP contribution in [-0.2, 0) is 0 Å². The van der Waals surface area contributed by atoms with E-state index in [0.29, 0.717) is 6.54 Å². The zero-order valence-corrected chi connectivity index (χ0v) is 13.8. The molecule has 0 aliphatic carbocycles. The molecular weight excluding hydrogens is 338 g/mol. The van der Waals surface area contributed by atoms with Gasteiger partial charge in [-0.15, -0.1) is 0 Å². The van der Waals surface area contributed by atoms with Crippen molar-refractivity contribution in [3.8, 4) is 5.75 Å². The molecule has 2 rings (SSSR count). The van der Waals surface area contributed by atoms with Crippen LogP contribution < -0.4 is 10.5 Å². The fourth-order valence-electron chi connectivity index (χ4n) is 2.10. The van der Waals surface area contributed by atoms with E-state index in [-0.39, 0.29) is 6.10 Å². The zero-order valence-electron chi connectivity index (χ0n) is 11.5. The summed E-state index contributed by atoms with van der Waals surface area (Å²) in [6, 6.07) is 11.9. The van der Waals surface area contributed by atoms with Gasteiger partial charge in [-0.3, -0.25) is 0 Å². The SMILES string of the molecule is Cc1cc(OC(CN)c2cccc(Br)c2)cc(C)c1Cl. The Labute approximate surface area is 133 Å². The van der Waals surface area contributed by atoms with Crippen LogP contribution in [0.15, 0.2) is 40.9 Å². The van der Waals surface area contributed by atoms with E-state index >= 15 is 0 Å². The second-order valence-electron chi connectivity index (χ2n) is 4.77. The number of rotatable bonds is 4. The van der Waals surface area contributed by atoms with E-state index in [9.17, 15) is 0 Å². The number of hydrogen-bond acceptors (Lipinski definition) is 2. The number of ether oxygens (including phenoxy) is 1. The van der Waals surface area contributed by atoms with Crippen LogP contribution in [-0.4, -0.2) is 6.54 Å². The average Bonchev–Trinajstić information content (AvgIpc) is 2.42. The summed E-state index contributed by atoms with van der Waals surface area (Å²) in [5.74, 6) is 0.792. The summed E-state index contributed by atoms with van der Waals surface area (Å²) in [5.41, 5.74) is 8.90. The molecule has 0 bridgehead atoms. The molecule has 106 valence electrons. The van der Waals surface area contributed by atoms with Crippen LogP contribution in [0.1, 0.15) is 22.8 Å². The van der Waals surface area contributed by atoms with E-state index in [0.717, 1.165) is 31.9 Å². The van der Waals surface area contributed by atoms with Crippen LogP contribution in [0.4, 0.5) is 0 Å². The van der Waals surface area contributed by atoms with Crippen LogP contribution in [0.3, 0.4) is 0 Å². The molecule has 0 spiro atoms. The van der Waals surface area contributed by atoms with Crippen LogP contribution in [0.25, 0.3) is 0 Å². The Morgan fingerprint density at radius 2 is 1.85 bits per heavy atom. The molecule has 0 heterocycles. The molecule has 1 unspecified atom stereocenters. The van der Waals surface area contributed by atoms with E-state index in [4.69, 9.17) is 22.1 Å². The Bertz CT molecular complexity index is 592. The van der Waals surface area contributed by atoms with Crippen molar-refractivity contribution in [3.63, 3.8) is 0 Å². The van der Waals surface area contributed by atoms with Crippen molar-refractivity contribution >= 4 is 27.5 Å². The normalized spacial score (nSPS) is 12.2. The summed E-state index contributed by atoms with van der Waals surface area (Å²) in [5, 5.41) is 0.782. The number of nitrogens with two attached hydrogens (primary N) is 1. The predicted molar refractivity (Wildman–Crippen MR) is 87.5 cm³/mol. The summed E-state index contributed by atoms with van der Waals surface area (Å²) < 4.78 is 7.03. The monoisotopic (exact) mass is 353 g/mol. The number of halogens is 2. The molecule has 4 heteroatoms. The van der Waals surface area contributed by atoms with E-state index < -0.39 is 0 Å². The molecule has 0 saturated heterocycles. The third kappa shape index (κ3) is 3.54. The molecule has 20 heavy (non-hydrogen) atoms. The molecule has 0 radical (unpaired) electrons. The minimum atomic E-state index is -0.174. The first kappa shape index (κ1) is 15.4. The molecule has 0 aromatic heterocycles. The standard InChI is InChI=1S/C16H17BrClNO/c1-10-6-14(7-11(2)16(10)18)20-15(9-19)12-4-3-5-13(17)8-12/h3-8,15H,9,19H2,1-2H3. The quantitative estimate of drug-likeness (QED) is 0.856. The van der Waals surface area contributed by atoms with Crippen LogP contribution in [0, 0.1) is 13.8 Å². The van der Waals surface area contributed by atoms with Gasteiger partial charge in [0.05, 0.1) is 0 Å². The number of benzene rings is 2. The van der Waals surface area contributed by atoms with Gasteiger partial charge in [-0.25, -0.2) is 0 Å². The van der Waals surface area contributed by atoms with Crippen molar-refractivity contribution in [2.75, 3.05) is 6.54 Å². The summed E-state index contributed by atoms with van der Waals surface area (Å²) in [6.07, 6.45) is -0.174. The fraction of sp³-hybridized carbons (Fsp3) is 0.250. The minimum absolute atomic E-state index is 0.174. The Morgan fingerprint density at radius 1 is 1.20 bits per heavy atom. The Kier molecular flexibility index (Phi) is 5.08. The Balaban J connectivity index is 2.27. The highest BCUT2D eigenvalue weighted by molar-refractivity contribution is 9.10. The molecule has 2 N–H and O–H groups in total. The lowest BCUT2D eigenvalue weighted by Gasteiger charge is -2.19. The van der Waals surface area contributed by atoms with Gasteiger partial charge in [-0.2, -0.15) is 0 Å². The van der Waals surface area contributed by atoms with Crippen molar-refractivity contribution in [2.45, 2.75) is 20.0 Å². The molecule has 0 fully saturated rings. The molecular formula is C16H17BrClNO. The summed E-state index contributed by atoms with van der Waals surface area (Å²) >= 11 is 9.64. The maximum Gasteiger partial charge on any atom is 0.136 e. The smallest absolute Gasteiger partial charge is 0.136 e. The van der Waals surface area contributed by atoms with E-state index in [1.54, 1.807) is 0 Å². The predicted octanol–water partition coefficient (Wildman–Crippen LogP) is 4.80. The van der Waals surface area contributed by atoms with Gasteiger partial charge in [0.15, 0.2) is 0 Å². The van der Waals surface area contributed by atoms with E-state index in [1.807, 2.05) is 50.2 Å². The lowest BCUT2D eigenvalue weighted by atomic mass is 10.1. The van der Waals surface area contributed by atoms with Crippen molar-refractivity contribution in [2.24, 2.45) is 5.73 Å². The second-order valence-corrected chi connectivity index (χ2v) is 6.06. The first-order valence-corrected chi connectivity index (χ1v) is 7.57. The van der Waals surface area contributed by atoms with E-state index in [1.165, 1.54) is 0 Å². The second kappa shape index (κ2) is 6.61. The highest BCUT2D eigenvalue weighted by atomic mass is 79.9. The molecule has 1 atom stereocenters. The van der Waals surface area contributed by atoms with Gasteiger partial charge >= 0.3 is 0 Å². The molecule has 0 amide bonds. The molecule has 2 nitrogen and oxygen atoms in total. The van der Waals surface area contributed by atoms with Crippen molar-refractivity contribution in [1.82, 2.24) is 0 Å². The molecule has 0 aliphatic rings. The van der Waals surface area contributed by atoms with Crippen molar-refractivity contribution < 1.29 is 4.74 Å². The first-order chi connectivity index (χ1) is 9.51. The summed E-state index contributed by atoms with van der Waals surface area (Å²) in [6.45, 7) is 4.36. The largest absolute Gasteiger partial charge is 0.484 e. The Morgan fingerprint density at radius 3 is 2.40 bits per heavy atom. The third-order valence-electron chi connectivity index (χ3n) is 3.12. The van der Waals surface area contributed by atoms with Gasteiger partial charge < -0.3 is 10.5 Å². The number of hydrogen-bond donors (Lipinski definition) is 1. The fourth-order valence-corrected chi connectivity index (χ4v) is 2.62. The summed E-state index contributed by atoms with van der Waals surface area (Å²) in [4.78, 5) is 0. The maximum absolute atomic E-state index is 6.17. The van der Waals surface area contributed by atoms with E-state index in [2.05, 4.69) is 15.9 Å². The first-order valence-electron chi connectivity index (χ1n) is 6.40. The summed E-state index contributed by atoms with van der Waals surface area (Å²) in [7, 11) is 0. The van der Waals surface area contributed by atoms with Crippen LogP contribution >= 0.6 is 27.5 Å². The van der Waals surface area contributed by atoms with Gasteiger partial charge in [-0.05, 0) is 54.8 Å². The van der Waals surface area contributed by atoms with Gasteiger partial charge in [0.1, 0.15) is 11.9 Å². The zero-order chi connectivity index (χ0) is 14.7. The Hall–Kier alpha value is -1.03. The van der Waals surface area contributed by atoms with Gasteiger partial charge in [0.2, 0.25) is 0 Å². The average molecular weight is 355 g/mol. The minimum Gasteiger partial charge on any atom is -0.484 e. The lowest BCUT2D eigenvalue weighted by molar-refractivity contribution is 0.214. The van der Waals surface area contributed by atoms with Gasteiger partial charge in [0.25, 0.3) is 0 Å². The van der Waals surface area contributed by atoms with Gasteiger partial charge in [0, 0.05) is 16.0 Å². The highest BCUT2D eigenvalue weighted by Crippen LogP contribution is 2.29. The van der Waals surface area contributed by atoms with Crippen molar-refractivity contribution in [3.05, 3.63) is 62.6 Å². The maximum atomic E-state index is 6.17. The highest BCUT2D eigenvalue weighted by Gasteiger charge is 2.13. The lowest BCUT2D eigenvalue weighted by Crippen LogP contribution is -2.18. The van der Waals surface area contributed by atoms with Crippen LogP contribution in [0.5, 0.6) is 5.75 Å². The topological polar surface area (TPSA) is 35.2 Å². The van der Waals surface area contributed by atoms with Gasteiger partial charge in [-0.1, -0.05) is 39.7 Å². The molecule has 2 aromatic rings. The molecule has 2 aromatic carbocycles.